The molecule has 4 nitrogen and oxygen atoms in total. The number of rotatable bonds is 5. The summed E-state index contributed by atoms with van der Waals surface area (Å²) in [4.78, 5) is 16.6. The number of anilines is 1. The van der Waals surface area contributed by atoms with Crippen molar-refractivity contribution in [1.82, 2.24) is 4.98 Å². The largest absolute Gasteiger partial charge is 0.484 e. The number of aromatic nitrogens is 1. The Balaban J connectivity index is 1.34. The van der Waals surface area contributed by atoms with E-state index in [0.29, 0.717) is 5.13 Å². The van der Waals surface area contributed by atoms with Crippen LogP contribution in [0, 0.1) is 6.92 Å². The average Bonchev–Trinajstić information content (AvgIpc) is 3.29. The number of carbonyl (C=O) groups is 1. The van der Waals surface area contributed by atoms with E-state index in [0.717, 1.165) is 29.8 Å². The van der Waals surface area contributed by atoms with Gasteiger partial charge in [0.25, 0.3) is 5.91 Å². The number of carbonyl (C=O) groups excluding carboxylic acids is 1. The van der Waals surface area contributed by atoms with Gasteiger partial charge in [0, 0.05) is 10.9 Å². The van der Waals surface area contributed by atoms with E-state index >= 15 is 0 Å². The third-order valence-corrected chi connectivity index (χ3v) is 5.30. The van der Waals surface area contributed by atoms with Gasteiger partial charge in [-0.1, -0.05) is 35.9 Å². The van der Waals surface area contributed by atoms with Crippen molar-refractivity contribution >= 4 is 22.4 Å². The molecule has 3 aromatic rings. The number of benzene rings is 2. The van der Waals surface area contributed by atoms with E-state index in [2.05, 4.69) is 41.5 Å². The summed E-state index contributed by atoms with van der Waals surface area (Å²) in [5, 5.41) is 5.34. The first-order valence-electron chi connectivity index (χ1n) is 8.74. The first-order chi connectivity index (χ1) is 12.7. The molecular formula is C21H20N2O2S. The Kier molecular flexibility index (Phi) is 4.71. The maximum absolute atomic E-state index is 12.1. The van der Waals surface area contributed by atoms with E-state index in [-0.39, 0.29) is 12.5 Å². The lowest BCUT2D eigenvalue weighted by Crippen LogP contribution is -2.20. The Labute approximate surface area is 156 Å². The lowest BCUT2D eigenvalue weighted by atomic mass is 10.1. The Morgan fingerprint density at radius 1 is 1.15 bits per heavy atom. The molecule has 1 heterocycles. The molecule has 0 fully saturated rings. The minimum atomic E-state index is -0.199. The van der Waals surface area contributed by atoms with Gasteiger partial charge in [0.05, 0.1) is 5.69 Å². The van der Waals surface area contributed by atoms with Crippen molar-refractivity contribution < 1.29 is 9.53 Å². The molecule has 4 rings (SSSR count). The predicted molar refractivity (Wildman–Crippen MR) is 105 cm³/mol. The van der Waals surface area contributed by atoms with Crippen LogP contribution in [0.1, 0.15) is 23.1 Å². The molecule has 26 heavy (non-hydrogen) atoms. The van der Waals surface area contributed by atoms with Gasteiger partial charge in [-0.15, -0.1) is 11.3 Å². The third kappa shape index (κ3) is 3.78. The van der Waals surface area contributed by atoms with Gasteiger partial charge in [0.15, 0.2) is 11.7 Å². The van der Waals surface area contributed by atoms with Crippen molar-refractivity contribution in [3.05, 3.63) is 64.5 Å². The van der Waals surface area contributed by atoms with Crippen molar-refractivity contribution in [3.8, 4) is 17.0 Å². The van der Waals surface area contributed by atoms with Gasteiger partial charge in [0.1, 0.15) is 5.75 Å². The number of hydrogen-bond donors (Lipinski definition) is 1. The van der Waals surface area contributed by atoms with Crippen LogP contribution in [-0.2, 0) is 17.6 Å². The zero-order valence-corrected chi connectivity index (χ0v) is 15.4. The standard InChI is InChI=1S/C21H20N2O2S/c1-14-5-7-16(8-6-14)19-13-26-21(22-19)23-20(24)12-25-18-10-9-15-3-2-4-17(15)11-18/h5-11,13H,2-4,12H2,1H3,(H,22,23,24). The second kappa shape index (κ2) is 7.30. The van der Waals surface area contributed by atoms with Crippen molar-refractivity contribution in [2.75, 3.05) is 11.9 Å². The summed E-state index contributed by atoms with van der Waals surface area (Å²) in [6, 6.07) is 14.3. The normalized spacial score (nSPS) is 12.7. The number of nitrogens with one attached hydrogen (secondary N) is 1. The summed E-state index contributed by atoms with van der Waals surface area (Å²) >= 11 is 1.42. The highest BCUT2D eigenvalue weighted by atomic mass is 32.1. The van der Waals surface area contributed by atoms with Crippen LogP contribution >= 0.6 is 11.3 Å². The van der Waals surface area contributed by atoms with Crippen LogP contribution in [0.2, 0.25) is 0 Å². The monoisotopic (exact) mass is 364 g/mol. The molecule has 0 unspecified atom stereocenters. The zero-order valence-electron chi connectivity index (χ0n) is 14.6. The van der Waals surface area contributed by atoms with Crippen molar-refractivity contribution in [1.29, 1.82) is 0 Å². The fourth-order valence-corrected chi connectivity index (χ4v) is 3.87. The van der Waals surface area contributed by atoms with Gasteiger partial charge >= 0.3 is 0 Å². The Bertz CT molecular complexity index is 931. The summed E-state index contributed by atoms with van der Waals surface area (Å²) in [5.41, 5.74) is 5.85. The fourth-order valence-electron chi connectivity index (χ4n) is 3.13. The number of thiazole rings is 1. The van der Waals surface area contributed by atoms with E-state index in [9.17, 15) is 4.79 Å². The number of aryl methyl sites for hydroxylation is 3. The molecule has 0 saturated carbocycles. The SMILES string of the molecule is Cc1ccc(-c2csc(NC(=O)COc3ccc4c(c3)CCC4)n2)cc1. The third-order valence-electron chi connectivity index (χ3n) is 4.54. The quantitative estimate of drug-likeness (QED) is 0.718. The van der Waals surface area contributed by atoms with E-state index in [4.69, 9.17) is 4.74 Å². The van der Waals surface area contributed by atoms with Crippen molar-refractivity contribution in [2.24, 2.45) is 0 Å². The van der Waals surface area contributed by atoms with Gasteiger partial charge in [-0.2, -0.15) is 0 Å². The summed E-state index contributed by atoms with van der Waals surface area (Å²) in [5.74, 6) is 0.551. The number of fused-ring (bicyclic) bond motifs is 1. The van der Waals surface area contributed by atoms with Gasteiger partial charge in [-0.3, -0.25) is 10.1 Å². The summed E-state index contributed by atoms with van der Waals surface area (Å²) in [6.07, 6.45) is 3.44. The molecular weight excluding hydrogens is 344 g/mol. The molecule has 1 aliphatic rings. The zero-order chi connectivity index (χ0) is 17.9. The lowest BCUT2D eigenvalue weighted by Gasteiger charge is -2.07. The summed E-state index contributed by atoms with van der Waals surface area (Å²) in [6.45, 7) is 2.04. The van der Waals surface area contributed by atoms with Crippen LogP contribution in [0.15, 0.2) is 47.8 Å². The van der Waals surface area contributed by atoms with E-state index in [1.165, 1.54) is 34.4 Å². The van der Waals surface area contributed by atoms with E-state index in [1.54, 1.807) is 0 Å². The second-order valence-electron chi connectivity index (χ2n) is 6.52. The molecule has 0 saturated heterocycles. The first-order valence-corrected chi connectivity index (χ1v) is 9.62. The molecule has 0 spiro atoms. The maximum Gasteiger partial charge on any atom is 0.264 e. The van der Waals surface area contributed by atoms with Crippen LogP contribution < -0.4 is 10.1 Å². The van der Waals surface area contributed by atoms with Gasteiger partial charge < -0.3 is 4.74 Å². The Hall–Kier alpha value is -2.66. The highest BCUT2D eigenvalue weighted by molar-refractivity contribution is 7.14. The van der Waals surface area contributed by atoms with E-state index in [1.807, 2.05) is 23.6 Å². The smallest absolute Gasteiger partial charge is 0.264 e. The van der Waals surface area contributed by atoms with Crippen LogP contribution in [0.4, 0.5) is 5.13 Å². The number of nitrogens with zero attached hydrogens (tertiary/aromatic N) is 1. The number of ether oxygens (including phenoxy) is 1. The van der Waals surface area contributed by atoms with Crippen molar-refractivity contribution in [2.45, 2.75) is 26.2 Å². The molecule has 132 valence electrons. The lowest BCUT2D eigenvalue weighted by molar-refractivity contribution is -0.118. The molecule has 0 aliphatic heterocycles. The van der Waals surface area contributed by atoms with Crippen LogP contribution in [0.25, 0.3) is 11.3 Å². The molecule has 1 amide bonds. The number of hydrogen-bond acceptors (Lipinski definition) is 4. The van der Waals surface area contributed by atoms with E-state index < -0.39 is 0 Å². The minimum Gasteiger partial charge on any atom is -0.484 e. The van der Waals surface area contributed by atoms with Crippen molar-refractivity contribution in [3.63, 3.8) is 0 Å². The van der Waals surface area contributed by atoms with Crippen LogP contribution in [0.5, 0.6) is 5.75 Å². The Morgan fingerprint density at radius 2 is 1.96 bits per heavy atom. The maximum atomic E-state index is 12.1. The molecule has 1 aliphatic carbocycles. The highest BCUT2D eigenvalue weighted by Gasteiger charge is 2.12. The fraction of sp³-hybridized carbons (Fsp3) is 0.238. The van der Waals surface area contributed by atoms with Gasteiger partial charge in [0.2, 0.25) is 0 Å². The molecule has 0 atom stereocenters. The molecule has 5 heteroatoms. The van der Waals surface area contributed by atoms with Crippen LogP contribution in [-0.4, -0.2) is 17.5 Å². The highest BCUT2D eigenvalue weighted by Crippen LogP contribution is 2.27. The van der Waals surface area contributed by atoms with Gasteiger partial charge in [-0.25, -0.2) is 4.98 Å². The van der Waals surface area contributed by atoms with Crippen LogP contribution in [0.3, 0.4) is 0 Å². The second-order valence-corrected chi connectivity index (χ2v) is 7.38. The molecule has 1 aromatic heterocycles. The summed E-state index contributed by atoms with van der Waals surface area (Å²) in [7, 11) is 0. The average molecular weight is 364 g/mol. The topological polar surface area (TPSA) is 51.2 Å². The minimum absolute atomic E-state index is 0.0156. The first kappa shape index (κ1) is 16.8. The molecule has 1 N–H and O–H groups in total. The predicted octanol–water partition coefficient (Wildman–Crippen LogP) is 4.62. The molecule has 2 aromatic carbocycles. The number of amides is 1. The molecule has 0 bridgehead atoms. The Morgan fingerprint density at radius 3 is 2.81 bits per heavy atom. The summed E-state index contributed by atoms with van der Waals surface area (Å²) < 4.78 is 5.63. The van der Waals surface area contributed by atoms with Gasteiger partial charge in [-0.05, 0) is 49.4 Å². The molecule has 0 radical (unpaired) electrons.